The van der Waals surface area contributed by atoms with E-state index in [2.05, 4.69) is 19.9 Å². The highest BCUT2D eigenvalue weighted by molar-refractivity contribution is 7.99. The second-order valence-electron chi connectivity index (χ2n) is 5.50. The van der Waals surface area contributed by atoms with E-state index in [1.54, 1.807) is 12.1 Å². The average molecular weight is 378 g/mol. The third-order valence-electron chi connectivity index (χ3n) is 3.78. The number of carbonyl (C=O) groups excluding carboxylic acids is 1. The number of aromatic amines is 1. The van der Waals surface area contributed by atoms with Crippen molar-refractivity contribution >= 4 is 17.5 Å². The summed E-state index contributed by atoms with van der Waals surface area (Å²) in [5, 5.41) is 7.03. The average Bonchev–Trinajstić information content (AvgIpc) is 3.21. The summed E-state index contributed by atoms with van der Waals surface area (Å²) in [6.45, 7) is 0.877. The van der Waals surface area contributed by atoms with E-state index in [4.69, 9.17) is 0 Å². The van der Waals surface area contributed by atoms with Crippen molar-refractivity contribution in [1.29, 1.82) is 0 Å². The van der Waals surface area contributed by atoms with Gasteiger partial charge in [-0.15, -0.1) is 0 Å². The number of aromatic nitrogens is 4. The predicted octanol–water partition coefficient (Wildman–Crippen LogP) is 3.79. The summed E-state index contributed by atoms with van der Waals surface area (Å²) in [5.41, 5.74) is 3.04. The van der Waals surface area contributed by atoms with E-state index in [9.17, 15) is 13.6 Å². The van der Waals surface area contributed by atoms with Crippen LogP contribution in [-0.2, 0) is 0 Å². The number of hydrogen-bond acceptors (Lipinski definition) is 5. The summed E-state index contributed by atoms with van der Waals surface area (Å²) in [4.78, 5) is 16.5. The van der Waals surface area contributed by atoms with E-state index in [0.29, 0.717) is 10.7 Å². The first-order valence-electron chi connectivity index (χ1n) is 7.71. The maximum atomic E-state index is 12.5. The Morgan fingerprint density at radius 3 is 2.65 bits per heavy atom. The number of ketones is 1. The molecular formula is C17H16F2N4O2S. The monoisotopic (exact) mass is 378 g/mol. The molecule has 6 nitrogen and oxygen atoms in total. The summed E-state index contributed by atoms with van der Waals surface area (Å²) < 4.78 is 30.8. The Morgan fingerprint density at radius 2 is 2.04 bits per heavy atom. The third-order valence-corrected chi connectivity index (χ3v) is 4.66. The zero-order chi connectivity index (χ0) is 18.7. The second-order valence-corrected chi connectivity index (χ2v) is 6.46. The first kappa shape index (κ1) is 18.1. The van der Waals surface area contributed by atoms with Crippen LogP contribution < -0.4 is 4.74 Å². The molecule has 136 valence electrons. The Kier molecular flexibility index (Phi) is 5.36. The Balaban J connectivity index is 1.80. The van der Waals surface area contributed by atoms with Gasteiger partial charge in [0.2, 0.25) is 0 Å². The van der Waals surface area contributed by atoms with Crippen molar-refractivity contribution in [3.63, 3.8) is 0 Å². The number of hydrogen-bond donors (Lipinski definition) is 1. The molecule has 0 radical (unpaired) electrons. The highest BCUT2D eigenvalue weighted by Crippen LogP contribution is 2.25. The summed E-state index contributed by atoms with van der Waals surface area (Å²) in [5.74, 6) is 0.301. The second kappa shape index (κ2) is 7.69. The summed E-state index contributed by atoms with van der Waals surface area (Å²) in [6, 6.07) is 8.12. The molecule has 0 spiro atoms. The van der Waals surface area contributed by atoms with Gasteiger partial charge in [0.05, 0.1) is 5.75 Å². The van der Waals surface area contributed by atoms with Gasteiger partial charge in [-0.3, -0.25) is 9.89 Å². The highest BCUT2D eigenvalue weighted by atomic mass is 32.2. The van der Waals surface area contributed by atoms with Crippen LogP contribution in [0.3, 0.4) is 0 Å². The number of thioether (sulfide) groups is 1. The lowest BCUT2D eigenvalue weighted by molar-refractivity contribution is -0.0498. The number of rotatable bonds is 7. The zero-order valence-electron chi connectivity index (χ0n) is 14.1. The molecule has 26 heavy (non-hydrogen) atoms. The van der Waals surface area contributed by atoms with Gasteiger partial charge < -0.3 is 9.30 Å². The molecular weight excluding hydrogens is 362 g/mol. The van der Waals surface area contributed by atoms with Gasteiger partial charge in [0.1, 0.15) is 12.1 Å². The molecule has 1 N–H and O–H groups in total. The van der Waals surface area contributed by atoms with Gasteiger partial charge in [-0.05, 0) is 44.2 Å². The SMILES string of the molecule is Cc1cc(C(=O)CSc2ncn[nH]2)c(C)n1-c1ccc(OC(F)F)cc1. The molecule has 0 saturated carbocycles. The first-order chi connectivity index (χ1) is 12.5. The van der Waals surface area contributed by atoms with Crippen LogP contribution in [0.4, 0.5) is 8.78 Å². The van der Waals surface area contributed by atoms with Crippen molar-refractivity contribution in [3.05, 3.63) is 53.6 Å². The number of benzene rings is 1. The lowest BCUT2D eigenvalue weighted by Crippen LogP contribution is -2.06. The maximum absolute atomic E-state index is 12.5. The quantitative estimate of drug-likeness (QED) is 0.500. The van der Waals surface area contributed by atoms with Gasteiger partial charge in [-0.25, -0.2) is 4.98 Å². The Morgan fingerprint density at radius 1 is 1.31 bits per heavy atom. The fourth-order valence-electron chi connectivity index (χ4n) is 2.69. The maximum Gasteiger partial charge on any atom is 0.387 e. The van der Waals surface area contributed by atoms with E-state index < -0.39 is 6.61 Å². The van der Waals surface area contributed by atoms with Crippen molar-refractivity contribution in [2.45, 2.75) is 25.6 Å². The van der Waals surface area contributed by atoms with E-state index in [1.165, 1.54) is 30.2 Å². The summed E-state index contributed by atoms with van der Waals surface area (Å²) >= 11 is 1.28. The number of H-pyrrole nitrogens is 1. The number of ether oxygens (including phenoxy) is 1. The fraction of sp³-hybridized carbons (Fsp3) is 0.235. The van der Waals surface area contributed by atoms with Crippen molar-refractivity contribution in [3.8, 4) is 11.4 Å². The van der Waals surface area contributed by atoms with Crippen molar-refractivity contribution in [2.75, 3.05) is 5.75 Å². The molecule has 0 aliphatic carbocycles. The molecule has 3 aromatic rings. The molecule has 0 aliphatic heterocycles. The third kappa shape index (κ3) is 3.93. The minimum Gasteiger partial charge on any atom is -0.435 e. The molecule has 0 unspecified atom stereocenters. The molecule has 0 atom stereocenters. The van der Waals surface area contributed by atoms with Crippen molar-refractivity contribution in [2.24, 2.45) is 0 Å². The van der Waals surface area contributed by atoms with Crippen molar-refractivity contribution in [1.82, 2.24) is 19.7 Å². The van der Waals surface area contributed by atoms with Crippen LogP contribution in [0.1, 0.15) is 21.7 Å². The molecule has 0 saturated heterocycles. The van der Waals surface area contributed by atoms with E-state index >= 15 is 0 Å². The highest BCUT2D eigenvalue weighted by Gasteiger charge is 2.17. The Hall–Kier alpha value is -2.68. The van der Waals surface area contributed by atoms with Crippen LogP contribution >= 0.6 is 11.8 Å². The summed E-state index contributed by atoms with van der Waals surface area (Å²) in [6.07, 6.45) is 1.39. The molecule has 2 aromatic heterocycles. The number of halogens is 2. The Bertz CT molecular complexity index is 892. The normalized spacial score (nSPS) is 11.1. The van der Waals surface area contributed by atoms with Crippen LogP contribution in [0.5, 0.6) is 5.75 Å². The van der Waals surface area contributed by atoms with E-state index in [0.717, 1.165) is 17.1 Å². The minimum absolute atomic E-state index is 0.0246. The topological polar surface area (TPSA) is 72.8 Å². The lowest BCUT2D eigenvalue weighted by Gasteiger charge is -2.11. The van der Waals surface area contributed by atoms with Crippen LogP contribution in [0, 0.1) is 13.8 Å². The van der Waals surface area contributed by atoms with Gasteiger partial charge in [-0.2, -0.15) is 13.9 Å². The van der Waals surface area contributed by atoms with Gasteiger partial charge >= 0.3 is 6.61 Å². The summed E-state index contributed by atoms with van der Waals surface area (Å²) in [7, 11) is 0. The lowest BCUT2D eigenvalue weighted by atomic mass is 10.2. The molecule has 0 amide bonds. The number of nitrogens with one attached hydrogen (secondary N) is 1. The van der Waals surface area contributed by atoms with Crippen LogP contribution in [-0.4, -0.2) is 37.9 Å². The van der Waals surface area contributed by atoms with Gasteiger partial charge in [0.25, 0.3) is 0 Å². The number of nitrogens with zero attached hydrogens (tertiary/aromatic N) is 3. The van der Waals surface area contributed by atoms with Crippen LogP contribution in [0.15, 0.2) is 41.8 Å². The largest absolute Gasteiger partial charge is 0.435 e. The number of aryl methyl sites for hydroxylation is 1. The van der Waals surface area contributed by atoms with Crippen LogP contribution in [0.25, 0.3) is 5.69 Å². The predicted molar refractivity (Wildman–Crippen MR) is 93.3 cm³/mol. The number of alkyl halides is 2. The molecule has 0 fully saturated rings. The van der Waals surface area contributed by atoms with Crippen molar-refractivity contribution < 1.29 is 18.3 Å². The fourth-order valence-corrected chi connectivity index (χ4v) is 3.36. The molecule has 0 aliphatic rings. The smallest absolute Gasteiger partial charge is 0.387 e. The minimum atomic E-state index is -2.86. The number of Topliss-reactive ketones (excluding diaryl/α,β-unsaturated/α-hetero) is 1. The van der Waals surface area contributed by atoms with Gasteiger partial charge in [0, 0.05) is 22.6 Å². The molecule has 2 heterocycles. The van der Waals surface area contributed by atoms with Crippen LogP contribution in [0.2, 0.25) is 0 Å². The van der Waals surface area contributed by atoms with Gasteiger partial charge in [-0.1, -0.05) is 11.8 Å². The van der Waals surface area contributed by atoms with E-state index in [-0.39, 0.29) is 17.3 Å². The van der Waals surface area contributed by atoms with Gasteiger partial charge in [0.15, 0.2) is 10.9 Å². The molecule has 1 aromatic carbocycles. The standard InChI is InChI=1S/C17H16F2N4O2S/c1-10-7-14(15(24)8-26-17-20-9-21-22-17)11(2)23(10)12-3-5-13(6-4-12)25-16(18)19/h3-7,9,16H,8H2,1-2H3,(H,20,21,22). The first-order valence-corrected chi connectivity index (χ1v) is 8.70. The zero-order valence-corrected chi connectivity index (χ0v) is 14.9. The Labute approximate surface area is 152 Å². The number of carbonyl (C=O) groups is 1. The molecule has 0 bridgehead atoms. The molecule has 3 rings (SSSR count). The molecule has 9 heteroatoms. The van der Waals surface area contributed by atoms with E-state index in [1.807, 2.05) is 24.5 Å².